The van der Waals surface area contributed by atoms with Crippen LogP contribution in [0.1, 0.15) is 46.5 Å². The van der Waals surface area contributed by atoms with Crippen molar-refractivity contribution in [2.24, 2.45) is 23.7 Å². The van der Waals surface area contributed by atoms with Crippen molar-refractivity contribution in [2.45, 2.75) is 52.6 Å². The van der Waals surface area contributed by atoms with E-state index in [9.17, 15) is 5.11 Å². The predicted molar refractivity (Wildman–Crippen MR) is 62.5 cm³/mol. The van der Waals surface area contributed by atoms with Crippen LogP contribution in [0.25, 0.3) is 0 Å². The molecule has 1 rings (SSSR count). The topological polar surface area (TPSA) is 40.5 Å². The Morgan fingerprint density at radius 3 is 2.47 bits per heavy atom. The molecule has 1 unspecified atom stereocenters. The van der Waals surface area contributed by atoms with E-state index in [1.165, 1.54) is 19.3 Å². The summed E-state index contributed by atoms with van der Waals surface area (Å²) in [6.45, 7) is 6.77. The number of aliphatic hydroxyl groups excluding tert-OH is 2. The highest BCUT2D eigenvalue weighted by atomic mass is 16.3. The van der Waals surface area contributed by atoms with E-state index < -0.39 is 6.10 Å². The fourth-order valence-corrected chi connectivity index (χ4v) is 3.09. The summed E-state index contributed by atoms with van der Waals surface area (Å²) in [7, 11) is 0. The molecule has 1 saturated carbocycles. The van der Waals surface area contributed by atoms with Gasteiger partial charge in [0.2, 0.25) is 0 Å². The zero-order valence-electron chi connectivity index (χ0n) is 10.3. The fraction of sp³-hybridized carbons (Fsp3) is 1.00. The molecule has 1 fully saturated rings. The number of hydrogen-bond donors (Lipinski definition) is 2. The molecule has 1 aliphatic carbocycles. The molecular formula is C13H26O2. The minimum atomic E-state index is -0.512. The van der Waals surface area contributed by atoms with Gasteiger partial charge in [0.25, 0.3) is 0 Å². The Morgan fingerprint density at radius 1 is 1.27 bits per heavy atom. The van der Waals surface area contributed by atoms with E-state index in [1.807, 2.05) is 0 Å². The summed E-state index contributed by atoms with van der Waals surface area (Å²) in [4.78, 5) is 0. The third-order valence-electron chi connectivity index (χ3n) is 3.95. The maximum absolute atomic E-state index is 9.55. The van der Waals surface area contributed by atoms with Gasteiger partial charge in [-0.05, 0) is 42.9 Å². The summed E-state index contributed by atoms with van der Waals surface area (Å²) >= 11 is 0. The number of aliphatic hydroxyl groups is 2. The zero-order valence-corrected chi connectivity index (χ0v) is 10.3. The van der Waals surface area contributed by atoms with Gasteiger partial charge in [-0.2, -0.15) is 0 Å². The Balaban J connectivity index is 2.54. The highest BCUT2D eigenvalue weighted by Gasteiger charge is 2.31. The highest BCUT2D eigenvalue weighted by molar-refractivity contribution is 4.82. The maximum Gasteiger partial charge on any atom is 0.0773 e. The number of rotatable bonds is 4. The molecule has 15 heavy (non-hydrogen) atoms. The molecule has 0 aromatic rings. The first-order valence-corrected chi connectivity index (χ1v) is 6.33. The van der Waals surface area contributed by atoms with Gasteiger partial charge in [0, 0.05) is 0 Å². The van der Waals surface area contributed by atoms with Gasteiger partial charge < -0.3 is 10.2 Å². The second-order valence-electron chi connectivity index (χ2n) is 5.66. The molecule has 0 amide bonds. The molecule has 0 aromatic heterocycles. The van der Waals surface area contributed by atoms with Crippen LogP contribution < -0.4 is 0 Å². The van der Waals surface area contributed by atoms with Crippen LogP contribution in [-0.4, -0.2) is 22.9 Å². The van der Waals surface area contributed by atoms with Crippen LogP contribution in [-0.2, 0) is 0 Å². The molecule has 0 saturated heterocycles. The summed E-state index contributed by atoms with van der Waals surface area (Å²) < 4.78 is 0. The van der Waals surface area contributed by atoms with E-state index in [1.54, 1.807) is 0 Å². The third kappa shape index (κ3) is 3.76. The molecule has 2 heteroatoms. The molecule has 0 aliphatic heterocycles. The maximum atomic E-state index is 9.55. The van der Waals surface area contributed by atoms with Gasteiger partial charge in [0.1, 0.15) is 0 Å². The summed E-state index contributed by atoms with van der Waals surface area (Å²) in [6.07, 6.45) is 4.11. The van der Waals surface area contributed by atoms with E-state index in [2.05, 4.69) is 20.8 Å². The molecule has 0 spiro atoms. The highest BCUT2D eigenvalue weighted by Crippen LogP contribution is 2.40. The van der Waals surface area contributed by atoms with E-state index >= 15 is 0 Å². The van der Waals surface area contributed by atoms with Crippen molar-refractivity contribution in [1.82, 2.24) is 0 Å². The molecule has 4 atom stereocenters. The minimum Gasteiger partial charge on any atom is -0.394 e. The monoisotopic (exact) mass is 214 g/mol. The lowest BCUT2D eigenvalue weighted by Crippen LogP contribution is -2.31. The van der Waals surface area contributed by atoms with E-state index in [0.717, 1.165) is 18.3 Å². The van der Waals surface area contributed by atoms with Crippen molar-refractivity contribution in [3.63, 3.8) is 0 Å². The molecule has 2 N–H and O–H groups in total. The van der Waals surface area contributed by atoms with Crippen LogP contribution in [0.5, 0.6) is 0 Å². The van der Waals surface area contributed by atoms with Crippen molar-refractivity contribution < 1.29 is 10.2 Å². The van der Waals surface area contributed by atoms with Crippen LogP contribution in [0.15, 0.2) is 0 Å². The van der Waals surface area contributed by atoms with Crippen LogP contribution in [0.4, 0.5) is 0 Å². The van der Waals surface area contributed by atoms with Gasteiger partial charge in [-0.3, -0.25) is 0 Å². The van der Waals surface area contributed by atoms with Gasteiger partial charge in [-0.1, -0.05) is 27.2 Å². The molecule has 0 bridgehead atoms. The Kier molecular flexibility index (Phi) is 5.07. The lowest BCUT2D eigenvalue weighted by atomic mass is 9.68. The molecule has 2 nitrogen and oxygen atoms in total. The average Bonchev–Trinajstić information content (AvgIpc) is 2.17. The Labute approximate surface area is 93.7 Å². The SMILES string of the molecule is CC(C)[C@@H]1CC[C@@H](C)C[C@H]1CC(O)CO. The van der Waals surface area contributed by atoms with E-state index in [0.29, 0.717) is 11.8 Å². The molecule has 0 heterocycles. The normalized spacial score (nSPS) is 34.4. The Hall–Kier alpha value is -0.0800. The van der Waals surface area contributed by atoms with Crippen molar-refractivity contribution in [1.29, 1.82) is 0 Å². The van der Waals surface area contributed by atoms with Crippen LogP contribution >= 0.6 is 0 Å². The molecule has 90 valence electrons. The van der Waals surface area contributed by atoms with Gasteiger partial charge in [0.15, 0.2) is 0 Å². The molecular weight excluding hydrogens is 188 g/mol. The lowest BCUT2D eigenvalue weighted by molar-refractivity contribution is 0.0386. The van der Waals surface area contributed by atoms with Gasteiger partial charge >= 0.3 is 0 Å². The van der Waals surface area contributed by atoms with Crippen molar-refractivity contribution in [2.75, 3.05) is 6.61 Å². The third-order valence-corrected chi connectivity index (χ3v) is 3.95. The van der Waals surface area contributed by atoms with Gasteiger partial charge in [-0.15, -0.1) is 0 Å². The summed E-state index contributed by atoms with van der Waals surface area (Å²) in [5.41, 5.74) is 0. The second-order valence-corrected chi connectivity index (χ2v) is 5.66. The average molecular weight is 214 g/mol. The first-order chi connectivity index (χ1) is 7.04. The molecule has 0 radical (unpaired) electrons. The van der Waals surface area contributed by atoms with Crippen LogP contribution in [0, 0.1) is 23.7 Å². The van der Waals surface area contributed by atoms with Crippen molar-refractivity contribution in [3.05, 3.63) is 0 Å². The van der Waals surface area contributed by atoms with Crippen molar-refractivity contribution in [3.8, 4) is 0 Å². The van der Waals surface area contributed by atoms with Gasteiger partial charge in [-0.25, -0.2) is 0 Å². The summed E-state index contributed by atoms with van der Waals surface area (Å²) in [5, 5.41) is 18.5. The van der Waals surface area contributed by atoms with Crippen molar-refractivity contribution >= 4 is 0 Å². The second kappa shape index (κ2) is 5.86. The van der Waals surface area contributed by atoms with E-state index in [-0.39, 0.29) is 6.61 Å². The van der Waals surface area contributed by atoms with Gasteiger partial charge in [0.05, 0.1) is 12.7 Å². The largest absolute Gasteiger partial charge is 0.394 e. The molecule has 0 aromatic carbocycles. The van der Waals surface area contributed by atoms with Crippen LogP contribution in [0.3, 0.4) is 0 Å². The summed E-state index contributed by atoms with van der Waals surface area (Å²) in [5.74, 6) is 2.84. The standard InChI is InChI=1S/C13H26O2/c1-9(2)13-5-4-10(3)6-11(13)7-12(15)8-14/h9-15H,4-8H2,1-3H3/t10-,11+,12?,13+/m1/s1. The Bertz CT molecular complexity index is 179. The molecule has 1 aliphatic rings. The lowest BCUT2D eigenvalue weighted by Gasteiger charge is -2.38. The fourth-order valence-electron chi connectivity index (χ4n) is 3.09. The quantitative estimate of drug-likeness (QED) is 0.754. The van der Waals surface area contributed by atoms with Crippen LogP contribution in [0.2, 0.25) is 0 Å². The Morgan fingerprint density at radius 2 is 1.93 bits per heavy atom. The zero-order chi connectivity index (χ0) is 11.4. The van der Waals surface area contributed by atoms with E-state index in [4.69, 9.17) is 5.11 Å². The minimum absolute atomic E-state index is 0.0876. The number of hydrogen-bond acceptors (Lipinski definition) is 2. The smallest absolute Gasteiger partial charge is 0.0773 e. The summed E-state index contributed by atoms with van der Waals surface area (Å²) in [6, 6.07) is 0. The first-order valence-electron chi connectivity index (χ1n) is 6.33. The first kappa shape index (κ1) is 13.0. The predicted octanol–water partition coefficient (Wildman–Crippen LogP) is 2.44.